The van der Waals surface area contributed by atoms with Gasteiger partial charge in [0.2, 0.25) is 5.91 Å². The molecule has 2 amide bonds. The number of anilines is 1. The Balaban J connectivity index is 1.62. The summed E-state index contributed by atoms with van der Waals surface area (Å²) in [5.41, 5.74) is 1.48. The van der Waals surface area contributed by atoms with Gasteiger partial charge in [0.05, 0.1) is 17.7 Å². The zero-order chi connectivity index (χ0) is 21.7. The van der Waals surface area contributed by atoms with Gasteiger partial charge in [0.15, 0.2) is 0 Å². The molecule has 1 heterocycles. The summed E-state index contributed by atoms with van der Waals surface area (Å²) in [4.78, 5) is 29.9. The van der Waals surface area contributed by atoms with E-state index < -0.39 is 6.04 Å². The number of nitrogens with one attached hydrogen (secondary N) is 1. The lowest BCUT2D eigenvalue weighted by molar-refractivity contribution is -0.134. The lowest BCUT2D eigenvalue weighted by Gasteiger charge is -2.38. The van der Waals surface area contributed by atoms with E-state index in [0.717, 1.165) is 24.5 Å². The topological polar surface area (TPSA) is 61.9 Å². The monoisotopic (exact) mass is 429 g/mol. The lowest BCUT2D eigenvalue weighted by Crippen LogP contribution is -2.56. The van der Waals surface area contributed by atoms with Crippen molar-refractivity contribution in [2.24, 2.45) is 5.92 Å². The third-order valence-electron chi connectivity index (χ3n) is 5.37. The van der Waals surface area contributed by atoms with Crippen molar-refractivity contribution in [2.75, 3.05) is 38.2 Å². The molecule has 0 saturated carbocycles. The third-order valence-corrected chi connectivity index (χ3v) is 5.70. The maximum absolute atomic E-state index is 13.2. The number of carbonyl (C=O) groups is 2. The van der Waals surface area contributed by atoms with Gasteiger partial charge in [-0.15, -0.1) is 0 Å². The standard InChI is InChI=1S/C23H28ClN3O3/c1-16(2)21(25-22(28)19-6-4-5-7-20(19)24)23(29)27-14-12-26(13-15-27)17-8-10-18(30-3)11-9-17/h4-11,16,21H,12-15H2,1-3H3,(H,25,28)/t21-/m1/s1. The first-order valence-electron chi connectivity index (χ1n) is 10.1. The SMILES string of the molecule is COc1ccc(N2CCN(C(=O)[C@H](NC(=O)c3ccccc3Cl)C(C)C)CC2)cc1. The van der Waals surface area contributed by atoms with E-state index in [-0.39, 0.29) is 17.7 Å². The molecule has 1 saturated heterocycles. The van der Waals surface area contributed by atoms with E-state index in [9.17, 15) is 9.59 Å². The van der Waals surface area contributed by atoms with Crippen LogP contribution in [-0.4, -0.2) is 56.0 Å². The summed E-state index contributed by atoms with van der Waals surface area (Å²) < 4.78 is 5.21. The second kappa shape index (κ2) is 9.85. The highest BCUT2D eigenvalue weighted by atomic mass is 35.5. The van der Waals surface area contributed by atoms with Gasteiger partial charge in [-0.05, 0) is 42.3 Å². The maximum Gasteiger partial charge on any atom is 0.253 e. The average Bonchev–Trinajstić information content (AvgIpc) is 2.77. The van der Waals surface area contributed by atoms with Crippen LogP contribution in [0.5, 0.6) is 5.75 Å². The highest BCUT2D eigenvalue weighted by Gasteiger charge is 2.31. The van der Waals surface area contributed by atoms with Crippen LogP contribution in [0.3, 0.4) is 0 Å². The van der Waals surface area contributed by atoms with E-state index in [1.54, 1.807) is 31.4 Å². The third kappa shape index (κ3) is 5.05. The Morgan fingerprint density at radius 1 is 1.00 bits per heavy atom. The first-order valence-corrected chi connectivity index (χ1v) is 10.5. The number of methoxy groups -OCH3 is 1. The zero-order valence-corrected chi connectivity index (χ0v) is 18.4. The normalized spacial score (nSPS) is 15.1. The number of halogens is 1. The van der Waals surface area contributed by atoms with Crippen LogP contribution in [0.4, 0.5) is 5.69 Å². The van der Waals surface area contributed by atoms with Crippen molar-refractivity contribution < 1.29 is 14.3 Å². The lowest BCUT2D eigenvalue weighted by atomic mass is 10.0. The molecule has 0 aliphatic carbocycles. The van der Waals surface area contributed by atoms with Gasteiger partial charge in [0.25, 0.3) is 5.91 Å². The summed E-state index contributed by atoms with van der Waals surface area (Å²) in [6.07, 6.45) is 0. The summed E-state index contributed by atoms with van der Waals surface area (Å²) in [6.45, 7) is 6.56. The van der Waals surface area contributed by atoms with E-state index in [1.165, 1.54) is 0 Å². The van der Waals surface area contributed by atoms with Crippen molar-refractivity contribution in [3.05, 3.63) is 59.1 Å². The van der Waals surface area contributed by atoms with Crippen molar-refractivity contribution in [3.8, 4) is 5.75 Å². The molecule has 1 aliphatic heterocycles. The van der Waals surface area contributed by atoms with E-state index in [2.05, 4.69) is 10.2 Å². The van der Waals surface area contributed by atoms with E-state index in [4.69, 9.17) is 16.3 Å². The molecule has 3 rings (SSSR count). The molecule has 0 bridgehead atoms. The molecule has 0 spiro atoms. The number of carbonyl (C=O) groups excluding carboxylic acids is 2. The Labute approximate surface area is 182 Å². The Morgan fingerprint density at radius 2 is 1.63 bits per heavy atom. The molecule has 2 aromatic carbocycles. The molecular formula is C23H28ClN3O3. The molecule has 30 heavy (non-hydrogen) atoms. The average molecular weight is 430 g/mol. The summed E-state index contributed by atoms with van der Waals surface area (Å²) >= 11 is 6.13. The van der Waals surface area contributed by atoms with E-state index in [0.29, 0.717) is 23.7 Å². The zero-order valence-electron chi connectivity index (χ0n) is 17.6. The molecule has 0 aromatic heterocycles. The van der Waals surface area contributed by atoms with Gasteiger partial charge >= 0.3 is 0 Å². The number of hydrogen-bond donors (Lipinski definition) is 1. The van der Waals surface area contributed by atoms with Gasteiger partial charge in [0, 0.05) is 31.9 Å². The molecular weight excluding hydrogens is 402 g/mol. The molecule has 2 aromatic rings. The van der Waals surface area contributed by atoms with Crippen molar-refractivity contribution in [1.82, 2.24) is 10.2 Å². The first kappa shape index (κ1) is 22.0. The van der Waals surface area contributed by atoms with Crippen LogP contribution < -0.4 is 15.0 Å². The Kier molecular flexibility index (Phi) is 7.21. The summed E-state index contributed by atoms with van der Waals surface area (Å²) in [6, 6.07) is 14.2. The molecule has 1 fully saturated rings. The largest absolute Gasteiger partial charge is 0.497 e. The number of benzene rings is 2. The highest BCUT2D eigenvalue weighted by molar-refractivity contribution is 6.33. The number of nitrogens with zero attached hydrogens (tertiary/aromatic N) is 2. The van der Waals surface area contributed by atoms with Gasteiger partial charge in [-0.3, -0.25) is 9.59 Å². The molecule has 1 N–H and O–H groups in total. The number of ether oxygens (including phenoxy) is 1. The number of rotatable bonds is 6. The highest BCUT2D eigenvalue weighted by Crippen LogP contribution is 2.21. The van der Waals surface area contributed by atoms with Crippen molar-refractivity contribution >= 4 is 29.1 Å². The molecule has 7 heteroatoms. The molecule has 160 valence electrons. The van der Waals surface area contributed by atoms with Crippen LogP contribution in [0.2, 0.25) is 5.02 Å². The van der Waals surface area contributed by atoms with Crippen molar-refractivity contribution in [1.29, 1.82) is 0 Å². The minimum Gasteiger partial charge on any atom is -0.497 e. The molecule has 1 aliphatic rings. The predicted octanol–water partition coefficient (Wildman–Crippen LogP) is 3.45. The summed E-state index contributed by atoms with van der Waals surface area (Å²) in [5.74, 6) is 0.398. The summed E-state index contributed by atoms with van der Waals surface area (Å²) in [5, 5.41) is 3.26. The first-order chi connectivity index (χ1) is 14.4. The van der Waals surface area contributed by atoms with Crippen LogP contribution in [0.1, 0.15) is 24.2 Å². The molecule has 1 atom stereocenters. The van der Waals surface area contributed by atoms with Crippen LogP contribution in [-0.2, 0) is 4.79 Å². The second-order valence-electron chi connectivity index (χ2n) is 7.69. The number of hydrogen-bond acceptors (Lipinski definition) is 4. The van der Waals surface area contributed by atoms with E-state index in [1.807, 2.05) is 43.0 Å². The smallest absolute Gasteiger partial charge is 0.253 e. The van der Waals surface area contributed by atoms with Crippen molar-refractivity contribution in [2.45, 2.75) is 19.9 Å². The van der Waals surface area contributed by atoms with Gasteiger partial charge in [-0.1, -0.05) is 37.6 Å². The van der Waals surface area contributed by atoms with Gasteiger partial charge < -0.3 is 19.9 Å². The van der Waals surface area contributed by atoms with Gasteiger partial charge in [-0.25, -0.2) is 0 Å². The van der Waals surface area contributed by atoms with Gasteiger partial charge in [-0.2, -0.15) is 0 Å². The Bertz CT molecular complexity index is 878. The number of piperazine rings is 1. The number of amides is 2. The van der Waals surface area contributed by atoms with Crippen LogP contribution in [0.15, 0.2) is 48.5 Å². The molecule has 0 radical (unpaired) electrons. The Hall–Kier alpha value is -2.73. The predicted molar refractivity (Wildman–Crippen MR) is 119 cm³/mol. The van der Waals surface area contributed by atoms with Crippen LogP contribution in [0, 0.1) is 5.92 Å². The van der Waals surface area contributed by atoms with E-state index >= 15 is 0 Å². The second-order valence-corrected chi connectivity index (χ2v) is 8.09. The maximum atomic E-state index is 13.2. The molecule has 0 unspecified atom stereocenters. The summed E-state index contributed by atoms with van der Waals surface area (Å²) in [7, 11) is 1.65. The minimum absolute atomic E-state index is 0.0384. The van der Waals surface area contributed by atoms with Gasteiger partial charge in [0.1, 0.15) is 11.8 Å². The van der Waals surface area contributed by atoms with Crippen LogP contribution in [0.25, 0.3) is 0 Å². The Morgan fingerprint density at radius 3 is 2.20 bits per heavy atom. The van der Waals surface area contributed by atoms with Crippen molar-refractivity contribution in [3.63, 3.8) is 0 Å². The fourth-order valence-electron chi connectivity index (χ4n) is 3.55. The quantitative estimate of drug-likeness (QED) is 0.764. The molecule has 6 nitrogen and oxygen atoms in total. The van der Waals surface area contributed by atoms with Crippen LogP contribution >= 0.6 is 11.6 Å². The fourth-order valence-corrected chi connectivity index (χ4v) is 3.77. The fraction of sp³-hybridized carbons (Fsp3) is 0.391. The minimum atomic E-state index is -0.596.